The molecule has 1 saturated carbocycles. The molecule has 1 aromatic heterocycles. The summed E-state index contributed by atoms with van der Waals surface area (Å²) in [5.74, 6) is 1.75. The molecule has 2 N–H and O–H groups in total. The minimum atomic E-state index is 0.442. The second-order valence-corrected chi connectivity index (χ2v) is 5.02. The molecule has 94 valence electrons. The monoisotopic (exact) mass is 243 g/mol. The summed E-state index contributed by atoms with van der Waals surface area (Å²) in [6.45, 7) is 2.02. The summed E-state index contributed by atoms with van der Waals surface area (Å²) < 4.78 is 5.79. The standard InChI is InChI=1S/C14H17N3O/c1-9-6-7-12(15)11(8-9)14-17-16-13(18-14)10-4-2-3-5-10/h6-8,10H,2-5,15H2,1H3. The van der Waals surface area contributed by atoms with E-state index in [1.807, 2.05) is 25.1 Å². The SMILES string of the molecule is Cc1ccc(N)c(-c2nnc(C3CCCC3)o2)c1. The van der Waals surface area contributed by atoms with E-state index in [1.54, 1.807) is 0 Å². The van der Waals surface area contributed by atoms with Gasteiger partial charge in [0.25, 0.3) is 0 Å². The molecule has 0 radical (unpaired) electrons. The van der Waals surface area contributed by atoms with Crippen LogP contribution in [0.4, 0.5) is 5.69 Å². The third-order valence-electron chi connectivity index (χ3n) is 3.58. The molecular formula is C14H17N3O. The molecule has 3 rings (SSSR count). The lowest BCUT2D eigenvalue weighted by Crippen LogP contribution is -1.91. The Morgan fingerprint density at radius 2 is 2.00 bits per heavy atom. The summed E-state index contributed by atoms with van der Waals surface area (Å²) in [4.78, 5) is 0. The molecule has 4 heteroatoms. The first-order valence-corrected chi connectivity index (χ1v) is 6.44. The first-order valence-electron chi connectivity index (χ1n) is 6.44. The first-order chi connectivity index (χ1) is 8.74. The molecule has 18 heavy (non-hydrogen) atoms. The van der Waals surface area contributed by atoms with Crippen molar-refractivity contribution in [3.63, 3.8) is 0 Å². The molecule has 2 aromatic rings. The van der Waals surface area contributed by atoms with Crippen molar-refractivity contribution in [1.82, 2.24) is 10.2 Å². The van der Waals surface area contributed by atoms with Gasteiger partial charge < -0.3 is 10.2 Å². The van der Waals surface area contributed by atoms with Gasteiger partial charge >= 0.3 is 0 Å². The Labute approximate surface area is 106 Å². The van der Waals surface area contributed by atoms with Gasteiger partial charge in [0, 0.05) is 11.6 Å². The van der Waals surface area contributed by atoms with Crippen LogP contribution in [0.5, 0.6) is 0 Å². The van der Waals surface area contributed by atoms with Gasteiger partial charge in [0.1, 0.15) is 0 Å². The predicted molar refractivity (Wildman–Crippen MR) is 70.1 cm³/mol. The fraction of sp³-hybridized carbons (Fsp3) is 0.429. The third-order valence-corrected chi connectivity index (χ3v) is 3.58. The van der Waals surface area contributed by atoms with Crippen molar-refractivity contribution < 1.29 is 4.42 Å². The molecule has 1 heterocycles. The highest BCUT2D eigenvalue weighted by Gasteiger charge is 2.23. The van der Waals surface area contributed by atoms with Gasteiger partial charge in [-0.25, -0.2) is 0 Å². The minimum absolute atomic E-state index is 0.442. The largest absolute Gasteiger partial charge is 0.420 e. The summed E-state index contributed by atoms with van der Waals surface area (Å²) in [6.07, 6.45) is 4.83. The van der Waals surface area contributed by atoms with E-state index >= 15 is 0 Å². The number of hydrogen-bond donors (Lipinski definition) is 1. The molecule has 1 aromatic carbocycles. The van der Waals surface area contributed by atoms with E-state index in [4.69, 9.17) is 10.2 Å². The number of hydrogen-bond acceptors (Lipinski definition) is 4. The molecule has 1 aliphatic rings. The highest BCUT2D eigenvalue weighted by molar-refractivity contribution is 5.70. The van der Waals surface area contributed by atoms with Crippen LogP contribution in [0, 0.1) is 6.92 Å². The van der Waals surface area contributed by atoms with Gasteiger partial charge in [-0.3, -0.25) is 0 Å². The number of aromatic nitrogens is 2. The average molecular weight is 243 g/mol. The van der Waals surface area contributed by atoms with E-state index in [0.29, 0.717) is 17.5 Å². The Kier molecular flexibility index (Phi) is 2.78. The van der Waals surface area contributed by atoms with E-state index in [-0.39, 0.29) is 0 Å². The zero-order chi connectivity index (χ0) is 12.5. The van der Waals surface area contributed by atoms with Crippen molar-refractivity contribution in [2.75, 3.05) is 5.73 Å². The van der Waals surface area contributed by atoms with Crippen LogP contribution in [0.3, 0.4) is 0 Å². The van der Waals surface area contributed by atoms with E-state index in [9.17, 15) is 0 Å². The Hall–Kier alpha value is -1.84. The van der Waals surface area contributed by atoms with Crippen LogP contribution >= 0.6 is 0 Å². The fourth-order valence-corrected chi connectivity index (χ4v) is 2.54. The number of nitrogens with zero attached hydrogens (tertiary/aromatic N) is 2. The number of benzene rings is 1. The Morgan fingerprint density at radius 1 is 1.22 bits per heavy atom. The lowest BCUT2D eigenvalue weighted by Gasteiger charge is -2.03. The van der Waals surface area contributed by atoms with Gasteiger partial charge in [0.05, 0.1) is 5.56 Å². The molecule has 0 amide bonds. The van der Waals surface area contributed by atoms with Crippen LogP contribution in [0.2, 0.25) is 0 Å². The van der Waals surface area contributed by atoms with Crippen LogP contribution in [0.1, 0.15) is 43.1 Å². The second-order valence-electron chi connectivity index (χ2n) is 5.02. The van der Waals surface area contributed by atoms with Crippen molar-refractivity contribution in [2.24, 2.45) is 0 Å². The maximum Gasteiger partial charge on any atom is 0.249 e. The summed E-state index contributed by atoms with van der Waals surface area (Å²) in [5, 5.41) is 8.31. The van der Waals surface area contributed by atoms with Gasteiger partial charge in [-0.15, -0.1) is 10.2 Å². The van der Waals surface area contributed by atoms with Crippen molar-refractivity contribution in [2.45, 2.75) is 38.5 Å². The molecule has 4 nitrogen and oxygen atoms in total. The van der Waals surface area contributed by atoms with Crippen LogP contribution in [-0.2, 0) is 0 Å². The summed E-state index contributed by atoms with van der Waals surface area (Å²) in [6, 6.07) is 5.85. The molecule has 0 spiro atoms. The number of nitrogen functional groups attached to an aromatic ring is 1. The van der Waals surface area contributed by atoms with Gasteiger partial charge in [-0.05, 0) is 31.9 Å². The van der Waals surface area contributed by atoms with Crippen LogP contribution < -0.4 is 5.73 Å². The molecule has 0 aliphatic heterocycles. The fourth-order valence-electron chi connectivity index (χ4n) is 2.54. The first kappa shape index (κ1) is 11.3. The van der Waals surface area contributed by atoms with E-state index < -0.39 is 0 Å². The van der Waals surface area contributed by atoms with Gasteiger partial charge in [-0.2, -0.15) is 0 Å². The lowest BCUT2D eigenvalue weighted by atomic mass is 10.1. The Morgan fingerprint density at radius 3 is 2.78 bits per heavy atom. The van der Waals surface area contributed by atoms with Crippen molar-refractivity contribution in [1.29, 1.82) is 0 Å². The van der Waals surface area contributed by atoms with Crippen LogP contribution in [0.25, 0.3) is 11.5 Å². The van der Waals surface area contributed by atoms with Crippen molar-refractivity contribution in [3.05, 3.63) is 29.7 Å². The van der Waals surface area contributed by atoms with Gasteiger partial charge in [-0.1, -0.05) is 24.5 Å². The Balaban J connectivity index is 1.94. The normalized spacial score (nSPS) is 16.3. The quantitative estimate of drug-likeness (QED) is 0.822. The van der Waals surface area contributed by atoms with Crippen LogP contribution in [0.15, 0.2) is 22.6 Å². The molecule has 1 aliphatic carbocycles. The maximum atomic E-state index is 5.96. The molecule has 0 unspecified atom stereocenters. The molecule has 0 atom stereocenters. The third kappa shape index (κ3) is 1.98. The second kappa shape index (κ2) is 4.44. The predicted octanol–water partition coefficient (Wildman–Crippen LogP) is 3.28. The summed E-state index contributed by atoms with van der Waals surface area (Å²) in [7, 11) is 0. The highest BCUT2D eigenvalue weighted by atomic mass is 16.4. The minimum Gasteiger partial charge on any atom is -0.420 e. The topological polar surface area (TPSA) is 64.9 Å². The number of nitrogens with two attached hydrogens (primary N) is 1. The number of anilines is 1. The molecule has 0 saturated heterocycles. The average Bonchev–Trinajstić information content (AvgIpc) is 3.00. The smallest absolute Gasteiger partial charge is 0.249 e. The zero-order valence-corrected chi connectivity index (χ0v) is 10.5. The zero-order valence-electron chi connectivity index (χ0n) is 10.5. The van der Waals surface area contributed by atoms with E-state index in [1.165, 1.54) is 12.8 Å². The van der Waals surface area contributed by atoms with E-state index in [2.05, 4.69) is 10.2 Å². The van der Waals surface area contributed by atoms with Crippen LogP contribution in [-0.4, -0.2) is 10.2 Å². The number of rotatable bonds is 2. The summed E-state index contributed by atoms with van der Waals surface area (Å²) in [5.41, 5.74) is 8.62. The highest BCUT2D eigenvalue weighted by Crippen LogP contribution is 2.35. The lowest BCUT2D eigenvalue weighted by molar-refractivity contribution is 0.457. The van der Waals surface area contributed by atoms with E-state index in [0.717, 1.165) is 29.9 Å². The molecule has 1 fully saturated rings. The van der Waals surface area contributed by atoms with Gasteiger partial charge in [0.2, 0.25) is 11.8 Å². The summed E-state index contributed by atoms with van der Waals surface area (Å²) >= 11 is 0. The van der Waals surface area contributed by atoms with Crippen molar-refractivity contribution >= 4 is 5.69 Å². The molecular weight excluding hydrogens is 226 g/mol. The Bertz CT molecular complexity index is 556. The maximum absolute atomic E-state index is 5.96. The van der Waals surface area contributed by atoms with Gasteiger partial charge in [0.15, 0.2) is 0 Å². The number of aryl methyl sites for hydroxylation is 1. The molecule has 0 bridgehead atoms. The van der Waals surface area contributed by atoms with Crippen molar-refractivity contribution in [3.8, 4) is 11.5 Å².